The summed E-state index contributed by atoms with van der Waals surface area (Å²) in [5, 5.41) is 11.4. The van der Waals surface area contributed by atoms with Gasteiger partial charge in [0.25, 0.3) is 0 Å². The van der Waals surface area contributed by atoms with Crippen LogP contribution < -0.4 is 5.32 Å². The van der Waals surface area contributed by atoms with Crippen molar-refractivity contribution in [2.45, 2.75) is 38.0 Å². The van der Waals surface area contributed by atoms with Crippen molar-refractivity contribution in [3.63, 3.8) is 0 Å². The number of carbonyl (C=O) groups is 1. The molecule has 0 atom stereocenters. The maximum Gasteiger partial charge on any atom is 0.248 e. The van der Waals surface area contributed by atoms with Crippen LogP contribution >= 0.6 is 11.8 Å². The van der Waals surface area contributed by atoms with Gasteiger partial charge in [-0.2, -0.15) is 11.8 Å². The molecule has 106 valence electrons. The van der Waals surface area contributed by atoms with E-state index in [4.69, 9.17) is 5.11 Å². The van der Waals surface area contributed by atoms with Crippen molar-refractivity contribution >= 4 is 17.7 Å². The second kappa shape index (κ2) is 7.94. The van der Waals surface area contributed by atoms with Crippen LogP contribution in [0.2, 0.25) is 0 Å². The Morgan fingerprint density at radius 1 is 1.33 bits per heavy atom. The Bertz CT molecular complexity index is 254. The van der Waals surface area contributed by atoms with E-state index in [0.29, 0.717) is 6.54 Å². The summed E-state index contributed by atoms with van der Waals surface area (Å²) >= 11 is 1.67. The number of hydrogen-bond acceptors (Lipinski definition) is 3. The van der Waals surface area contributed by atoms with Gasteiger partial charge in [-0.05, 0) is 25.0 Å². The molecule has 0 aromatic heterocycles. The number of amides is 1. The molecule has 1 aliphatic carbocycles. The van der Waals surface area contributed by atoms with Crippen molar-refractivity contribution in [2.24, 2.45) is 5.92 Å². The summed E-state index contributed by atoms with van der Waals surface area (Å²) in [5.74, 6) is -1.23. The van der Waals surface area contributed by atoms with E-state index in [1.807, 2.05) is 0 Å². The highest BCUT2D eigenvalue weighted by atomic mass is 32.2. The van der Waals surface area contributed by atoms with Crippen LogP contribution in [0, 0.1) is 5.92 Å². The van der Waals surface area contributed by atoms with Gasteiger partial charge in [0.05, 0.1) is 0 Å². The zero-order valence-corrected chi connectivity index (χ0v) is 11.3. The lowest BCUT2D eigenvalue weighted by molar-refractivity contribution is -0.129. The first-order chi connectivity index (χ1) is 8.55. The van der Waals surface area contributed by atoms with Gasteiger partial charge in [0, 0.05) is 37.7 Å². The Morgan fingerprint density at radius 2 is 2.00 bits per heavy atom. The van der Waals surface area contributed by atoms with Gasteiger partial charge in [0.2, 0.25) is 11.8 Å². The Kier molecular flexibility index (Phi) is 6.92. The number of alkyl halides is 2. The standard InChI is InChI=1S/C12H21F2NO2S/c13-12(14)4-2-10(3-5-12)11(17)15-6-9-18-8-1-7-16/h10,16H,1-9H2,(H,15,17). The van der Waals surface area contributed by atoms with Crippen LogP contribution in [-0.4, -0.2) is 41.6 Å². The summed E-state index contributed by atoms with van der Waals surface area (Å²) in [7, 11) is 0. The summed E-state index contributed by atoms with van der Waals surface area (Å²) in [6.07, 6.45) is 0.996. The van der Waals surface area contributed by atoms with Gasteiger partial charge >= 0.3 is 0 Å². The van der Waals surface area contributed by atoms with Crippen LogP contribution in [0.1, 0.15) is 32.1 Å². The number of rotatable bonds is 7. The minimum atomic E-state index is -2.57. The zero-order chi connectivity index (χ0) is 13.4. The largest absolute Gasteiger partial charge is 0.396 e. The van der Waals surface area contributed by atoms with Crippen molar-refractivity contribution in [3.05, 3.63) is 0 Å². The number of halogens is 2. The highest BCUT2D eigenvalue weighted by Gasteiger charge is 2.37. The molecule has 0 aliphatic heterocycles. The fourth-order valence-electron chi connectivity index (χ4n) is 1.96. The molecule has 0 aromatic carbocycles. The molecule has 0 aromatic rings. The lowest BCUT2D eigenvalue weighted by atomic mass is 9.86. The van der Waals surface area contributed by atoms with Crippen LogP contribution in [0.4, 0.5) is 8.78 Å². The Hall–Kier alpha value is -0.360. The molecular formula is C12H21F2NO2S. The molecule has 0 unspecified atom stereocenters. The molecule has 1 fully saturated rings. The summed E-state index contributed by atoms with van der Waals surface area (Å²) in [6, 6.07) is 0. The van der Waals surface area contributed by atoms with Crippen molar-refractivity contribution < 1.29 is 18.7 Å². The monoisotopic (exact) mass is 281 g/mol. The van der Waals surface area contributed by atoms with E-state index in [2.05, 4.69) is 5.32 Å². The van der Waals surface area contributed by atoms with E-state index < -0.39 is 5.92 Å². The first-order valence-corrected chi connectivity index (χ1v) is 7.55. The fourth-order valence-corrected chi connectivity index (χ4v) is 2.75. The third-order valence-corrected chi connectivity index (χ3v) is 4.15. The lowest BCUT2D eigenvalue weighted by Gasteiger charge is -2.27. The van der Waals surface area contributed by atoms with Gasteiger partial charge in [-0.3, -0.25) is 4.79 Å². The Balaban J connectivity index is 2.07. The molecule has 2 N–H and O–H groups in total. The highest BCUT2D eigenvalue weighted by Crippen LogP contribution is 2.36. The minimum Gasteiger partial charge on any atom is -0.396 e. The topological polar surface area (TPSA) is 49.3 Å². The van der Waals surface area contributed by atoms with Crippen molar-refractivity contribution in [1.82, 2.24) is 5.32 Å². The molecule has 0 bridgehead atoms. The van der Waals surface area contributed by atoms with Crippen LogP contribution in [0.15, 0.2) is 0 Å². The maximum atomic E-state index is 12.9. The molecule has 0 spiro atoms. The molecule has 1 rings (SSSR count). The SMILES string of the molecule is O=C(NCCSCCCO)C1CCC(F)(F)CC1. The minimum absolute atomic E-state index is 0.0896. The second-order valence-electron chi connectivity index (χ2n) is 4.61. The third kappa shape index (κ3) is 6.00. The van der Waals surface area contributed by atoms with Crippen LogP contribution in [0.5, 0.6) is 0 Å². The number of hydrogen-bond donors (Lipinski definition) is 2. The molecule has 0 heterocycles. The van der Waals surface area contributed by atoms with Crippen molar-refractivity contribution in [2.75, 3.05) is 24.7 Å². The van der Waals surface area contributed by atoms with Crippen LogP contribution in [0.3, 0.4) is 0 Å². The van der Waals surface area contributed by atoms with Crippen LogP contribution in [-0.2, 0) is 4.79 Å². The molecule has 0 radical (unpaired) electrons. The molecule has 1 amide bonds. The molecule has 3 nitrogen and oxygen atoms in total. The number of carbonyl (C=O) groups excluding carboxylic acids is 1. The first kappa shape index (κ1) is 15.7. The van der Waals surface area contributed by atoms with Gasteiger partial charge in [-0.1, -0.05) is 0 Å². The molecular weight excluding hydrogens is 260 g/mol. The highest BCUT2D eigenvalue weighted by molar-refractivity contribution is 7.99. The van der Waals surface area contributed by atoms with E-state index in [0.717, 1.165) is 17.9 Å². The van der Waals surface area contributed by atoms with E-state index in [-0.39, 0.29) is 44.1 Å². The maximum absolute atomic E-state index is 12.9. The van der Waals surface area contributed by atoms with Crippen molar-refractivity contribution in [1.29, 1.82) is 0 Å². The quantitative estimate of drug-likeness (QED) is 0.702. The number of nitrogens with one attached hydrogen (secondary N) is 1. The average molecular weight is 281 g/mol. The second-order valence-corrected chi connectivity index (χ2v) is 5.84. The number of aliphatic hydroxyl groups excluding tert-OH is 1. The molecule has 0 saturated heterocycles. The summed E-state index contributed by atoms with van der Waals surface area (Å²) in [5.41, 5.74) is 0. The van der Waals surface area contributed by atoms with E-state index in [1.165, 1.54) is 0 Å². The summed E-state index contributed by atoms with van der Waals surface area (Å²) < 4.78 is 25.8. The molecule has 1 aliphatic rings. The van der Waals surface area contributed by atoms with E-state index in [1.54, 1.807) is 11.8 Å². The van der Waals surface area contributed by atoms with E-state index in [9.17, 15) is 13.6 Å². The predicted octanol–water partition coefficient (Wildman–Crippen LogP) is 2.04. The molecule has 18 heavy (non-hydrogen) atoms. The van der Waals surface area contributed by atoms with Crippen molar-refractivity contribution in [3.8, 4) is 0 Å². The van der Waals surface area contributed by atoms with Gasteiger partial charge in [-0.15, -0.1) is 0 Å². The predicted molar refractivity (Wildman–Crippen MR) is 68.9 cm³/mol. The van der Waals surface area contributed by atoms with Gasteiger partial charge in [0.15, 0.2) is 0 Å². The van der Waals surface area contributed by atoms with Crippen LogP contribution in [0.25, 0.3) is 0 Å². The van der Waals surface area contributed by atoms with Gasteiger partial charge < -0.3 is 10.4 Å². The Morgan fingerprint density at radius 3 is 2.61 bits per heavy atom. The van der Waals surface area contributed by atoms with Gasteiger partial charge in [0.1, 0.15) is 0 Å². The molecule has 1 saturated carbocycles. The normalized spacial score (nSPS) is 19.7. The zero-order valence-electron chi connectivity index (χ0n) is 10.5. The Labute approximate surface area is 111 Å². The number of thioether (sulfide) groups is 1. The lowest BCUT2D eigenvalue weighted by Crippen LogP contribution is -2.36. The average Bonchev–Trinajstić information content (AvgIpc) is 2.33. The smallest absolute Gasteiger partial charge is 0.248 e. The van der Waals surface area contributed by atoms with E-state index >= 15 is 0 Å². The summed E-state index contributed by atoms with van der Waals surface area (Å²) in [6.45, 7) is 0.761. The number of aliphatic hydroxyl groups is 1. The molecule has 6 heteroatoms. The fraction of sp³-hybridized carbons (Fsp3) is 0.917. The van der Waals surface area contributed by atoms with Gasteiger partial charge in [-0.25, -0.2) is 8.78 Å². The first-order valence-electron chi connectivity index (χ1n) is 6.39. The summed E-state index contributed by atoms with van der Waals surface area (Å²) in [4.78, 5) is 11.7. The third-order valence-electron chi connectivity index (χ3n) is 3.08.